The van der Waals surface area contributed by atoms with Gasteiger partial charge in [-0.3, -0.25) is 9.59 Å². The van der Waals surface area contributed by atoms with Gasteiger partial charge in [0.1, 0.15) is 0 Å². The Kier molecular flexibility index (Phi) is 6.89. The molecular weight excluding hydrogens is 466 g/mol. The van der Waals surface area contributed by atoms with E-state index in [0.717, 1.165) is 66.6 Å². The topological polar surface area (TPSA) is 52.7 Å². The third kappa shape index (κ3) is 4.98. The molecular formula is C27H30ClN3O2S. The zero-order chi connectivity index (χ0) is 23.7. The predicted molar refractivity (Wildman–Crippen MR) is 140 cm³/mol. The third-order valence-electron chi connectivity index (χ3n) is 7.16. The summed E-state index contributed by atoms with van der Waals surface area (Å²) >= 11 is 7.88. The number of halogens is 1. The Morgan fingerprint density at radius 3 is 2.62 bits per heavy atom. The minimum absolute atomic E-state index is 0.0127. The average molecular weight is 496 g/mol. The maximum atomic E-state index is 13.3. The van der Waals surface area contributed by atoms with Crippen molar-refractivity contribution >= 4 is 46.9 Å². The molecule has 5 nitrogen and oxygen atoms in total. The van der Waals surface area contributed by atoms with E-state index in [-0.39, 0.29) is 23.8 Å². The van der Waals surface area contributed by atoms with Gasteiger partial charge >= 0.3 is 0 Å². The van der Waals surface area contributed by atoms with Crippen LogP contribution in [0.4, 0.5) is 5.69 Å². The van der Waals surface area contributed by atoms with E-state index in [1.54, 1.807) is 11.8 Å². The molecule has 2 saturated heterocycles. The predicted octanol–water partition coefficient (Wildman–Crippen LogP) is 4.74. The fraction of sp³-hybridized carbons (Fsp3) is 0.407. The molecule has 1 N–H and O–H groups in total. The molecule has 2 aliphatic heterocycles. The summed E-state index contributed by atoms with van der Waals surface area (Å²) in [5.41, 5.74) is 3.39. The second kappa shape index (κ2) is 10.0. The minimum Gasteiger partial charge on any atom is -0.368 e. The van der Waals surface area contributed by atoms with Gasteiger partial charge in [-0.2, -0.15) is 0 Å². The van der Waals surface area contributed by atoms with Crippen molar-refractivity contribution in [2.24, 2.45) is 5.92 Å². The van der Waals surface area contributed by atoms with E-state index in [1.807, 2.05) is 59.5 Å². The van der Waals surface area contributed by atoms with Crippen molar-refractivity contribution in [1.82, 2.24) is 10.2 Å². The molecule has 3 atom stereocenters. The fourth-order valence-electron chi connectivity index (χ4n) is 5.27. The summed E-state index contributed by atoms with van der Waals surface area (Å²) in [6.45, 7) is 5.16. The zero-order valence-corrected chi connectivity index (χ0v) is 20.9. The molecule has 1 aliphatic carbocycles. The molecule has 7 heteroatoms. The van der Waals surface area contributed by atoms with E-state index < -0.39 is 0 Å². The fourth-order valence-corrected chi connectivity index (χ4v) is 6.73. The summed E-state index contributed by atoms with van der Waals surface area (Å²) < 4.78 is 0. The Hall–Kier alpha value is -2.44. The number of carbonyl (C=O) groups is 2. The van der Waals surface area contributed by atoms with Crippen LogP contribution in [0, 0.1) is 12.8 Å². The summed E-state index contributed by atoms with van der Waals surface area (Å²) in [4.78, 5) is 31.2. The Morgan fingerprint density at radius 2 is 1.85 bits per heavy atom. The quantitative estimate of drug-likeness (QED) is 0.625. The lowest BCUT2D eigenvalue weighted by Gasteiger charge is -2.42. The highest BCUT2D eigenvalue weighted by Crippen LogP contribution is 2.40. The summed E-state index contributed by atoms with van der Waals surface area (Å²) in [5, 5.41) is 4.27. The lowest BCUT2D eigenvalue weighted by atomic mass is 9.84. The number of hydrogen-bond acceptors (Lipinski definition) is 4. The maximum absolute atomic E-state index is 13.3. The first-order valence-electron chi connectivity index (χ1n) is 12.0. The van der Waals surface area contributed by atoms with Gasteiger partial charge in [0.2, 0.25) is 5.91 Å². The smallest absolute Gasteiger partial charge is 0.257 e. The Balaban J connectivity index is 1.17. The number of rotatable bonds is 3. The molecule has 0 bridgehead atoms. The number of amides is 2. The van der Waals surface area contributed by atoms with Gasteiger partial charge in [0.15, 0.2) is 0 Å². The van der Waals surface area contributed by atoms with Gasteiger partial charge in [-0.1, -0.05) is 48.0 Å². The van der Waals surface area contributed by atoms with E-state index in [4.69, 9.17) is 11.6 Å². The first kappa shape index (κ1) is 23.3. The SMILES string of the molecule is Cc1ccc(Cl)cc1N1CCN(C(=O)C2CCC3S/C(=C\c4ccccc4)C(=O)NC3C2)CC1. The van der Waals surface area contributed by atoms with Gasteiger partial charge in [-0.25, -0.2) is 0 Å². The van der Waals surface area contributed by atoms with Crippen molar-refractivity contribution in [3.8, 4) is 0 Å². The van der Waals surface area contributed by atoms with Crippen LogP contribution in [0.2, 0.25) is 5.02 Å². The largest absolute Gasteiger partial charge is 0.368 e. The van der Waals surface area contributed by atoms with Crippen LogP contribution in [0.3, 0.4) is 0 Å². The number of aryl methyl sites for hydroxylation is 1. The molecule has 3 fully saturated rings. The standard InChI is InChI=1S/C27H30ClN3O2S/c1-18-7-9-21(28)17-23(18)30-11-13-31(14-12-30)27(33)20-8-10-24-22(16-20)29-26(32)25(34-24)15-19-5-3-2-4-6-19/h2-7,9,15,17,20,22,24H,8,10-14,16H2,1H3,(H,29,32)/b25-15-. The van der Waals surface area contributed by atoms with Crippen LogP contribution in [0.1, 0.15) is 30.4 Å². The van der Waals surface area contributed by atoms with Crippen LogP contribution >= 0.6 is 23.4 Å². The molecule has 3 unspecified atom stereocenters. The number of thioether (sulfide) groups is 1. The highest BCUT2D eigenvalue weighted by atomic mass is 35.5. The second-order valence-electron chi connectivity index (χ2n) is 9.41. The van der Waals surface area contributed by atoms with Crippen LogP contribution < -0.4 is 10.2 Å². The lowest BCUT2D eigenvalue weighted by Crippen LogP contribution is -2.54. The van der Waals surface area contributed by atoms with Crippen molar-refractivity contribution in [2.75, 3.05) is 31.1 Å². The molecule has 2 aromatic rings. The zero-order valence-electron chi connectivity index (χ0n) is 19.4. The number of benzene rings is 2. The number of piperazine rings is 1. The molecule has 2 aromatic carbocycles. The van der Waals surface area contributed by atoms with E-state index in [9.17, 15) is 9.59 Å². The molecule has 2 heterocycles. The minimum atomic E-state index is -0.0197. The number of nitrogens with zero attached hydrogens (tertiary/aromatic N) is 2. The number of hydrogen-bond donors (Lipinski definition) is 1. The number of anilines is 1. The van der Waals surface area contributed by atoms with Gasteiger partial charge in [0.05, 0.1) is 4.91 Å². The van der Waals surface area contributed by atoms with E-state index in [0.29, 0.717) is 5.25 Å². The van der Waals surface area contributed by atoms with E-state index in [2.05, 4.69) is 17.1 Å². The van der Waals surface area contributed by atoms with E-state index >= 15 is 0 Å². The molecule has 0 spiro atoms. The Morgan fingerprint density at radius 1 is 1.09 bits per heavy atom. The molecule has 0 aromatic heterocycles. The third-order valence-corrected chi connectivity index (χ3v) is 8.81. The van der Waals surface area contributed by atoms with Crippen molar-refractivity contribution in [1.29, 1.82) is 0 Å². The van der Waals surface area contributed by atoms with E-state index in [1.165, 1.54) is 5.56 Å². The molecule has 0 radical (unpaired) electrons. The molecule has 5 rings (SSSR count). The highest BCUT2D eigenvalue weighted by Gasteiger charge is 2.41. The number of fused-ring (bicyclic) bond motifs is 1. The van der Waals surface area contributed by atoms with Gasteiger partial charge in [0, 0.05) is 54.1 Å². The van der Waals surface area contributed by atoms with Crippen LogP contribution in [0.5, 0.6) is 0 Å². The summed E-state index contributed by atoms with van der Waals surface area (Å²) in [6, 6.07) is 16.0. The van der Waals surface area contributed by atoms with Gasteiger partial charge in [-0.15, -0.1) is 11.8 Å². The number of carbonyl (C=O) groups excluding carboxylic acids is 2. The van der Waals surface area contributed by atoms with Crippen LogP contribution in [-0.4, -0.2) is 54.2 Å². The summed E-state index contributed by atoms with van der Waals surface area (Å²) in [7, 11) is 0. The average Bonchev–Trinajstić information content (AvgIpc) is 2.86. The first-order valence-corrected chi connectivity index (χ1v) is 13.3. The van der Waals surface area contributed by atoms with Crippen LogP contribution in [0.25, 0.3) is 6.08 Å². The van der Waals surface area contributed by atoms with Crippen LogP contribution in [0.15, 0.2) is 53.4 Å². The van der Waals surface area contributed by atoms with Crippen molar-refractivity contribution in [3.05, 3.63) is 69.6 Å². The van der Waals surface area contributed by atoms with Crippen LogP contribution in [-0.2, 0) is 9.59 Å². The molecule has 2 amide bonds. The van der Waals surface area contributed by atoms with Gasteiger partial charge in [0.25, 0.3) is 5.91 Å². The summed E-state index contributed by atoms with van der Waals surface area (Å²) in [6.07, 6.45) is 4.53. The Bertz CT molecular complexity index is 1100. The molecule has 178 valence electrons. The van der Waals surface area contributed by atoms with Crippen molar-refractivity contribution in [2.45, 2.75) is 37.5 Å². The van der Waals surface area contributed by atoms with Crippen molar-refractivity contribution < 1.29 is 9.59 Å². The molecule has 3 aliphatic rings. The van der Waals surface area contributed by atoms with Gasteiger partial charge < -0.3 is 15.1 Å². The summed E-state index contributed by atoms with van der Waals surface area (Å²) in [5.74, 6) is 0.209. The van der Waals surface area contributed by atoms with Crippen molar-refractivity contribution in [3.63, 3.8) is 0 Å². The molecule has 1 saturated carbocycles. The second-order valence-corrected chi connectivity index (χ2v) is 11.1. The monoisotopic (exact) mass is 495 g/mol. The highest BCUT2D eigenvalue weighted by molar-refractivity contribution is 8.04. The Labute approximate surface area is 210 Å². The normalized spacial score (nSPS) is 26.2. The molecule has 34 heavy (non-hydrogen) atoms. The van der Waals surface area contributed by atoms with Gasteiger partial charge in [-0.05, 0) is 55.5 Å². The lowest BCUT2D eigenvalue weighted by molar-refractivity contribution is -0.137. The maximum Gasteiger partial charge on any atom is 0.257 e. The first-order chi connectivity index (χ1) is 16.5. The number of nitrogens with one attached hydrogen (secondary N) is 1.